The molecule has 0 spiro atoms. The molecule has 1 N–H and O–H groups in total. The Morgan fingerprint density at radius 1 is 1.40 bits per heavy atom. The zero-order chi connectivity index (χ0) is 14.8. The van der Waals surface area contributed by atoms with Crippen molar-refractivity contribution in [1.29, 1.82) is 0 Å². The largest absolute Gasteiger partial charge is 0.417 e. The first-order valence-electron chi connectivity index (χ1n) is 5.26. The smallest absolute Gasteiger partial charge is 0.303 e. The van der Waals surface area contributed by atoms with Crippen molar-refractivity contribution in [2.45, 2.75) is 6.18 Å². The standard InChI is InChI=1S/C11H7ClF3N3OS/c12-8-2-1-6(3-7(8)11(13,14)15)4-16-18-10-17-9(19)5-20-10/h1-4H,5H2,(H,17,18,19). The van der Waals surface area contributed by atoms with Gasteiger partial charge in [-0.3, -0.25) is 4.79 Å². The van der Waals surface area contributed by atoms with Gasteiger partial charge < -0.3 is 5.32 Å². The number of carbonyl (C=O) groups is 1. The number of thioether (sulfide) groups is 1. The summed E-state index contributed by atoms with van der Waals surface area (Å²) >= 11 is 6.66. The Morgan fingerprint density at radius 3 is 2.75 bits per heavy atom. The number of benzene rings is 1. The minimum absolute atomic E-state index is 0.185. The molecule has 0 aromatic heterocycles. The van der Waals surface area contributed by atoms with E-state index in [1.54, 1.807) is 0 Å². The summed E-state index contributed by atoms with van der Waals surface area (Å²) in [6.07, 6.45) is -3.37. The Labute approximate surface area is 121 Å². The third-order valence-corrected chi connectivity index (χ3v) is 3.43. The van der Waals surface area contributed by atoms with Crippen LogP contribution in [0, 0.1) is 0 Å². The van der Waals surface area contributed by atoms with E-state index in [0.29, 0.717) is 5.17 Å². The molecule has 0 atom stereocenters. The van der Waals surface area contributed by atoms with Gasteiger partial charge in [0.1, 0.15) is 0 Å². The molecule has 9 heteroatoms. The summed E-state index contributed by atoms with van der Waals surface area (Å²) in [4.78, 5) is 10.9. The lowest BCUT2D eigenvalue weighted by atomic mass is 10.1. The highest BCUT2D eigenvalue weighted by molar-refractivity contribution is 8.15. The van der Waals surface area contributed by atoms with E-state index in [-0.39, 0.29) is 22.2 Å². The molecule has 2 rings (SSSR count). The molecule has 20 heavy (non-hydrogen) atoms. The van der Waals surface area contributed by atoms with Gasteiger partial charge in [-0.25, -0.2) is 0 Å². The highest BCUT2D eigenvalue weighted by atomic mass is 35.5. The number of rotatable bonds is 2. The van der Waals surface area contributed by atoms with Crippen molar-refractivity contribution in [3.8, 4) is 0 Å². The van der Waals surface area contributed by atoms with E-state index >= 15 is 0 Å². The fourth-order valence-electron chi connectivity index (χ4n) is 1.37. The second-order valence-corrected chi connectivity index (χ2v) is 5.09. The Balaban J connectivity index is 2.16. The Kier molecular flexibility index (Phi) is 4.34. The quantitative estimate of drug-likeness (QED) is 0.672. The summed E-state index contributed by atoms with van der Waals surface area (Å²) in [5.74, 6) is 0.0721. The minimum Gasteiger partial charge on any atom is -0.303 e. The SMILES string of the molecule is O=C1CSC(=NN=Cc2ccc(Cl)c(C(F)(F)F)c2)N1. The zero-order valence-electron chi connectivity index (χ0n) is 9.74. The number of amidine groups is 1. The highest BCUT2D eigenvalue weighted by Crippen LogP contribution is 2.34. The molecule has 1 aromatic carbocycles. The van der Waals surface area contributed by atoms with E-state index in [4.69, 9.17) is 11.6 Å². The van der Waals surface area contributed by atoms with Gasteiger partial charge in [-0.2, -0.15) is 18.3 Å². The molecule has 1 saturated heterocycles. The molecule has 0 bridgehead atoms. The molecule has 0 aliphatic carbocycles. The minimum atomic E-state index is -4.53. The third-order valence-electron chi connectivity index (χ3n) is 2.24. The zero-order valence-corrected chi connectivity index (χ0v) is 11.3. The van der Waals surface area contributed by atoms with Gasteiger partial charge in [0.2, 0.25) is 5.91 Å². The van der Waals surface area contributed by atoms with Gasteiger partial charge in [0.15, 0.2) is 5.17 Å². The van der Waals surface area contributed by atoms with Crippen LogP contribution in [0.2, 0.25) is 5.02 Å². The van der Waals surface area contributed by atoms with Crippen molar-refractivity contribution >= 4 is 40.7 Å². The molecule has 1 fully saturated rings. The molecular formula is C11H7ClF3N3OS. The first kappa shape index (κ1) is 14.9. The van der Waals surface area contributed by atoms with Crippen LogP contribution in [0.3, 0.4) is 0 Å². The van der Waals surface area contributed by atoms with Crippen LogP contribution in [0.1, 0.15) is 11.1 Å². The molecule has 1 heterocycles. The molecule has 0 radical (unpaired) electrons. The van der Waals surface area contributed by atoms with Crippen LogP contribution in [0.25, 0.3) is 0 Å². The van der Waals surface area contributed by atoms with Gasteiger partial charge in [0, 0.05) is 0 Å². The number of carbonyl (C=O) groups excluding carboxylic acids is 1. The van der Waals surface area contributed by atoms with Crippen LogP contribution < -0.4 is 5.32 Å². The lowest BCUT2D eigenvalue weighted by molar-refractivity contribution is -0.137. The number of amides is 1. The van der Waals surface area contributed by atoms with Crippen LogP contribution >= 0.6 is 23.4 Å². The molecule has 1 aliphatic rings. The van der Waals surface area contributed by atoms with Crippen molar-refractivity contribution in [3.63, 3.8) is 0 Å². The van der Waals surface area contributed by atoms with Gasteiger partial charge in [-0.05, 0) is 17.7 Å². The summed E-state index contributed by atoms with van der Waals surface area (Å²) in [6.45, 7) is 0. The summed E-state index contributed by atoms with van der Waals surface area (Å²) in [5.41, 5.74) is -0.722. The number of nitrogens with zero attached hydrogens (tertiary/aromatic N) is 2. The summed E-state index contributed by atoms with van der Waals surface area (Å²) in [6, 6.07) is 3.42. The monoisotopic (exact) mass is 321 g/mol. The van der Waals surface area contributed by atoms with E-state index in [1.807, 2.05) is 0 Å². The maximum Gasteiger partial charge on any atom is 0.417 e. The maximum atomic E-state index is 12.6. The van der Waals surface area contributed by atoms with Crippen LogP contribution in [0.5, 0.6) is 0 Å². The maximum absolute atomic E-state index is 12.6. The summed E-state index contributed by atoms with van der Waals surface area (Å²) < 4.78 is 37.9. The lowest BCUT2D eigenvalue weighted by Gasteiger charge is -2.08. The average molecular weight is 322 g/mol. The topological polar surface area (TPSA) is 53.8 Å². The number of hydrogen-bond donors (Lipinski definition) is 1. The Bertz CT molecular complexity index is 601. The highest BCUT2D eigenvalue weighted by Gasteiger charge is 2.33. The molecule has 106 valence electrons. The van der Waals surface area contributed by atoms with E-state index in [1.165, 1.54) is 17.8 Å². The van der Waals surface area contributed by atoms with E-state index in [9.17, 15) is 18.0 Å². The number of alkyl halides is 3. The van der Waals surface area contributed by atoms with Gasteiger partial charge in [-0.1, -0.05) is 29.4 Å². The van der Waals surface area contributed by atoms with Crippen LogP contribution in [-0.4, -0.2) is 23.0 Å². The van der Waals surface area contributed by atoms with Crippen molar-refractivity contribution in [2.24, 2.45) is 10.2 Å². The molecule has 1 aliphatic heterocycles. The molecule has 1 aromatic rings. The molecule has 1 amide bonds. The van der Waals surface area contributed by atoms with E-state index < -0.39 is 11.7 Å². The molecule has 0 unspecified atom stereocenters. The van der Waals surface area contributed by atoms with Gasteiger partial charge in [0.25, 0.3) is 0 Å². The predicted octanol–water partition coefficient (Wildman–Crippen LogP) is 2.91. The second kappa shape index (κ2) is 5.84. The van der Waals surface area contributed by atoms with Crippen molar-refractivity contribution in [3.05, 3.63) is 34.3 Å². The predicted molar refractivity (Wildman–Crippen MR) is 72.1 cm³/mol. The third kappa shape index (κ3) is 3.73. The first-order chi connectivity index (χ1) is 9.36. The fraction of sp³-hybridized carbons (Fsp3) is 0.182. The Morgan fingerprint density at radius 2 is 2.15 bits per heavy atom. The lowest BCUT2D eigenvalue weighted by Crippen LogP contribution is -2.19. The fourth-order valence-corrected chi connectivity index (χ4v) is 2.22. The molecule has 4 nitrogen and oxygen atoms in total. The summed E-state index contributed by atoms with van der Waals surface area (Å²) in [7, 11) is 0. The normalized spacial score (nSPS) is 18.0. The van der Waals surface area contributed by atoms with Crippen molar-refractivity contribution in [1.82, 2.24) is 5.32 Å². The van der Waals surface area contributed by atoms with Crippen molar-refractivity contribution < 1.29 is 18.0 Å². The van der Waals surface area contributed by atoms with Crippen LogP contribution in [0.15, 0.2) is 28.4 Å². The number of hydrogen-bond acceptors (Lipinski definition) is 4. The number of nitrogens with one attached hydrogen (secondary N) is 1. The van der Waals surface area contributed by atoms with Crippen LogP contribution in [-0.2, 0) is 11.0 Å². The average Bonchev–Trinajstić information content (AvgIpc) is 2.76. The molecular weight excluding hydrogens is 315 g/mol. The van der Waals surface area contributed by atoms with Crippen LogP contribution in [0.4, 0.5) is 13.2 Å². The molecule has 0 saturated carbocycles. The number of halogens is 4. The van der Waals surface area contributed by atoms with Gasteiger partial charge >= 0.3 is 6.18 Å². The van der Waals surface area contributed by atoms with Gasteiger partial charge in [0.05, 0.1) is 22.6 Å². The second-order valence-electron chi connectivity index (χ2n) is 3.72. The van der Waals surface area contributed by atoms with Gasteiger partial charge in [-0.15, -0.1) is 5.10 Å². The van der Waals surface area contributed by atoms with E-state index in [2.05, 4.69) is 15.5 Å². The Hall–Kier alpha value is -1.54. The van der Waals surface area contributed by atoms with E-state index in [0.717, 1.165) is 18.3 Å². The summed E-state index contributed by atoms with van der Waals surface area (Å²) in [5, 5.41) is 9.70. The first-order valence-corrected chi connectivity index (χ1v) is 6.63. The van der Waals surface area contributed by atoms with Crippen molar-refractivity contribution in [2.75, 3.05) is 5.75 Å².